The van der Waals surface area contributed by atoms with Crippen LogP contribution in [-0.2, 0) is 6.42 Å². The number of halogens is 1. The lowest BCUT2D eigenvalue weighted by molar-refractivity contribution is 0.0714. The van der Waals surface area contributed by atoms with Gasteiger partial charge in [0.1, 0.15) is 0 Å². The molecule has 1 saturated heterocycles. The smallest absolute Gasteiger partial charge is 0.254 e. The Kier molecular flexibility index (Phi) is 1.99. The van der Waals surface area contributed by atoms with Crippen LogP contribution in [0, 0.1) is 0 Å². The maximum absolute atomic E-state index is 12.1. The normalized spacial score (nSPS) is 23.9. The maximum atomic E-state index is 12.1. The quantitative estimate of drug-likeness (QED) is 0.659. The van der Waals surface area contributed by atoms with E-state index in [2.05, 4.69) is 0 Å². The lowest BCUT2D eigenvalue weighted by atomic mass is 9.94. The van der Waals surface area contributed by atoms with Crippen LogP contribution in [0.4, 0.5) is 0 Å². The van der Waals surface area contributed by atoms with Crippen molar-refractivity contribution in [3.05, 3.63) is 34.3 Å². The minimum atomic E-state index is 0.190. The summed E-state index contributed by atoms with van der Waals surface area (Å²) in [6.07, 6.45) is 3.25. The number of amides is 1. The molecule has 0 aliphatic carbocycles. The standard InChI is InChI=1S/C12H12ClNO/c13-9-3-4-11-8(6-9)7-10-2-1-5-14(10)12(11)15/h3-4,6,10H,1-2,5,7H2. The lowest BCUT2D eigenvalue weighted by Gasteiger charge is -2.31. The predicted octanol–water partition coefficient (Wildman–Crippen LogP) is 2.50. The largest absolute Gasteiger partial charge is 0.335 e. The highest BCUT2D eigenvalue weighted by Crippen LogP contribution is 2.31. The van der Waals surface area contributed by atoms with Crippen molar-refractivity contribution < 1.29 is 4.79 Å². The molecule has 1 fully saturated rings. The topological polar surface area (TPSA) is 20.3 Å². The molecule has 1 aromatic rings. The van der Waals surface area contributed by atoms with Gasteiger partial charge in [0.2, 0.25) is 0 Å². The van der Waals surface area contributed by atoms with Gasteiger partial charge in [0.05, 0.1) is 0 Å². The zero-order valence-electron chi connectivity index (χ0n) is 8.37. The molecular weight excluding hydrogens is 210 g/mol. The van der Waals surface area contributed by atoms with E-state index in [1.165, 1.54) is 0 Å². The highest BCUT2D eigenvalue weighted by Gasteiger charge is 2.35. The van der Waals surface area contributed by atoms with Crippen LogP contribution < -0.4 is 0 Å². The van der Waals surface area contributed by atoms with Crippen molar-refractivity contribution in [3.8, 4) is 0 Å². The monoisotopic (exact) mass is 221 g/mol. The minimum Gasteiger partial charge on any atom is -0.335 e. The Morgan fingerprint density at radius 2 is 2.27 bits per heavy atom. The van der Waals surface area contributed by atoms with E-state index in [9.17, 15) is 4.79 Å². The molecule has 78 valence electrons. The summed E-state index contributed by atoms with van der Waals surface area (Å²) in [4.78, 5) is 14.1. The Hall–Kier alpha value is -1.02. The lowest BCUT2D eigenvalue weighted by Crippen LogP contribution is -2.41. The summed E-state index contributed by atoms with van der Waals surface area (Å²) in [7, 11) is 0. The zero-order chi connectivity index (χ0) is 10.4. The van der Waals surface area contributed by atoms with Gasteiger partial charge < -0.3 is 4.90 Å². The van der Waals surface area contributed by atoms with E-state index in [0.29, 0.717) is 6.04 Å². The third-order valence-corrected chi connectivity index (χ3v) is 3.63. The van der Waals surface area contributed by atoms with Gasteiger partial charge in [0, 0.05) is 23.2 Å². The molecular formula is C12H12ClNO. The number of benzene rings is 1. The van der Waals surface area contributed by atoms with Crippen LogP contribution >= 0.6 is 11.6 Å². The summed E-state index contributed by atoms with van der Waals surface area (Å²) in [5, 5.41) is 0.730. The number of fused-ring (bicyclic) bond motifs is 2. The second kappa shape index (κ2) is 3.24. The van der Waals surface area contributed by atoms with Gasteiger partial charge in [-0.25, -0.2) is 0 Å². The molecule has 1 aromatic carbocycles. The molecule has 1 atom stereocenters. The maximum Gasteiger partial charge on any atom is 0.254 e. The summed E-state index contributed by atoms with van der Waals surface area (Å²) >= 11 is 5.94. The fourth-order valence-corrected chi connectivity index (χ4v) is 2.86. The van der Waals surface area contributed by atoms with Crippen LogP contribution in [0.25, 0.3) is 0 Å². The first-order valence-corrected chi connectivity index (χ1v) is 5.73. The van der Waals surface area contributed by atoms with Crippen LogP contribution in [0.15, 0.2) is 18.2 Å². The van der Waals surface area contributed by atoms with E-state index in [1.54, 1.807) is 6.07 Å². The molecule has 2 heterocycles. The molecule has 0 saturated carbocycles. The fourth-order valence-electron chi connectivity index (χ4n) is 2.66. The van der Waals surface area contributed by atoms with E-state index < -0.39 is 0 Å². The Morgan fingerprint density at radius 3 is 3.13 bits per heavy atom. The van der Waals surface area contributed by atoms with Gasteiger partial charge in [-0.3, -0.25) is 4.79 Å². The molecule has 2 aliphatic heterocycles. The highest BCUT2D eigenvalue weighted by atomic mass is 35.5. The Morgan fingerprint density at radius 1 is 1.40 bits per heavy atom. The first kappa shape index (κ1) is 9.22. The number of hydrogen-bond acceptors (Lipinski definition) is 1. The van der Waals surface area contributed by atoms with Crippen molar-refractivity contribution in [1.82, 2.24) is 4.90 Å². The van der Waals surface area contributed by atoms with Crippen LogP contribution in [-0.4, -0.2) is 23.4 Å². The molecule has 3 rings (SSSR count). The molecule has 0 spiro atoms. The molecule has 0 radical (unpaired) electrons. The van der Waals surface area contributed by atoms with E-state index in [4.69, 9.17) is 11.6 Å². The van der Waals surface area contributed by atoms with Gasteiger partial charge in [-0.1, -0.05) is 11.6 Å². The predicted molar refractivity (Wildman–Crippen MR) is 59.2 cm³/mol. The first-order valence-electron chi connectivity index (χ1n) is 5.35. The highest BCUT2D eigenvalue weighted by molar-refractivity contribution is 6.30. The Labute approximate surface area is 93.8 Å². The van der Waals surface area contributed by atoms with Crippen molar-refractivity contribution in [2.75, 3.05) is 6.54 Å². The zero-order valence-corrected chi connectivity index (χ0v) is 9.13. The summed E-state index contributed by atoms with van der Waals surface area (Å²) in [5.41, 5.74) is 1.97. The molecule has 1 amide bonds. The third-order valence-electron chi connectivity index (χ3n) is 3.39. The van der Waals surface area contributed by atoms with Crippen LogP contribution in [0.3, 0.4) is 0 Å². The number of hydrogen-bond donors (Lipinski definition) is 0. The van der Waals surface area contributed by atoms with Crippen LogP contribution in [0.1, 0.15) is 28.8 Å². The van der Waals surface area contributed by atoms with Gasteiger partial charge in [0.25, 0.3) is 5.91 Å². The fraction of sp³-hybridized carbons (Fsp3) is 0.417. The van der Waals surface area contributed by atoms with E-state index in [1.807, 2.05) is 17.0 Å². The number of carbonyl (C=O) groups is 1. The van der Waals surface area contributed by atoms with E-state index >= 15 is 0 Å². The average Bonchev–Trinajstić information content (AvgIpc) is 2.65. The second-order valence-corrected chi connectivity index (χ2v) is 4.74. The average molecular weight is 222 g/mol. The molecule has 3 heteroatoms. The first-order chi connectivity index (χ1) is 7.25. The van der Waals surface area contributed by atoms with Gasteiger partial charge in [-0.15, -0.1) is 0 Å². The summed E-state index contributed by atoms with van der Waals surface area (Å²) < 4.78 is 0. The third kappa shape index (κ3) is 1.36. The van der Waals surface area contributed by atoms with Crippen LogP contribution in [0.5, 0.6) is 0 Å². The van der Waals surface area contributed by atoms with Crippen LogP contribution in [0.2, 0.25) is 5.02 Å². The summed E-state index contributed by atoms with van der Waals surface area (Å²) in [5.74, 6) is 0.190. The summed E-state index contributed by atoms with van der Waals surface area (Å²) in [6.45, 7) is 0.922. The SMILES string of the molecule is O=C1c2ccc(Cl)cc2CC2CCCN12. The van der Waals surface area contributed by atoms with Crippen molar-refractivity contribution in [2.45, 2.75) is 25.3 Å². The van der Waals surface area contributed by atoms with Crippen molar-refractivity contribution in [2.24, 2.45) is 0 Å². The summed E-state index contributed by atoms with van der Waals surface area (Å²) in [6, 6.07) is 6.01. The van der Waals surface area contributed by atoms with Gasteiger partial charge in [-0.2, -0.15) is 0 Å². The number of rotatable bonds is 0. The molecule has 1 unspecified atom stereocenters. The van der Waals surface area contributed by atoms with Crippen molar-refractivity contribution in [1.29, 1.82) is 0 Å². The Balaban J connectivity index is 2.08. The van der Waals surface area contributed by atoms with Gasteiger partial charge in [-0.05, 0) is 43.0 Å². The number of carbonyl (C=O) groups excluding carboxylic acids is 1. The van der Waals surface area contributed by atoms with E-state index in [0.717, 1.165) is 42.0 Å². The van der Waals surface area contributed by atoms with Gasteiger partial charge >= 0.3 is 0 Å². The minimum absolute atomic E-state index is 0.190. The van der Waals surface area contributed by atoms with E-state index in [-0.39, 0.29) is 5.91 Å². The number of nitrogens with zero attached hydrogens (tertiary/aromatic N) is 1. The van der Waals surface area contributed by atoms with Crippen molar-refractivity contribution in [3.63, 3.8) is 0 Å². The Bertz CT molecular complexity index is 430. The van der Waals surface area contributed by atoms with Gasteiger partial charge in [0.15, 0.2) is 0 Å². The molecule has 2 aliphatic rings. The molecule has 15 heavy (non-hydrogen) atoms. The molecule has 2 nitrogen and oxygen atoms in total. The molecule has 0 N–H and O–H groups in total. The second-order valence-electron chi connectivity index (χ2n) is 4.30. The van der Waals surface area contributed by atoms with Crippen molar-refractivity contribution >= 4 is 17.5 Å². The molecule has 0 bridgehead atoms. The molecule has 0 aromatic heterocycles.